The van der Waals surface area contributed by atoms with Crippen LogP contribution in [0.4, 0.5) is 0 Å². The summed E-state index contributed by atoms with van der Waals surface area (Å²) in [6.45, 7) is 0.613. The molecule has 0 bridgehead atoms. The molecule has 0 aliphatic rings. The van der Waals surface area contributed by atoms with Crippen molar-refractivity contribution in [1.29, 1.82) is 0 Å². The van der Waals surface area contributed by atoms with Gasteiger partial charge < -0.3 is 15.2 Å². The zero-order valence-corrected chi connectivity index (χ0v) is 14.9. The lowest BCUT2D eigenvalue weighted by Crippen LogP contribution is -2.28. The molecule has 0 heterocycles. The van der Waals surface area contributed by atoms with E-state index in [-0.39, 0.29) is 16.6 Å². The lowest BCUT2D eigenvalue weighted by atomic mass is 10.2. The zero-order valence-electron chi connectivity index (χ0n) is 14.1. The van der Waals surface area contributed by atoms with E-state index in [0.29, 0.717) is 24.2 Å². The van der Waals surface area contributed by atoms with Gasteiger partial charge in [-0.2, -0.15) is 8.42 Å². The molecule has 27 heavy (non-hydrogen) atoms. The number of hydrogen-bond donors (Lipinski definition) is 2. The molecule has 2 aromatic rings. The van der Waals surface area contributed by atoms with Gasteiger partial charge >= 0.3 is 10.1 Å². The standard InChI is InChI=1S/C17H17N3O6S/c18-10-11-19-17(21)14-3-7-16(8-4-14)27(24,25)26-15-5-1-13(2-6-15)9-12-20(22)23/h1-9,12H,10-11,18H2,(H,19,21)/b12-9+. The smallest absolute Gasteiger partial charge is 0.339 e. The number of nitrogens with one attached hydrogen (secondary N) is 1. The normalized spacial score (nSPS) is 11.3. The van der Waals surface area contributed by atoms with E-state index in [1.54, 1.807) is 0 Å². The first kappa shape index (κ1) is 20.1. The van der Waals surface area contributed by atoms with Gasteiger partial charge in [-0.15, -0.1) is 0 Å². The fraction of sp³-hybridized carbons (Fsp3) is 0.118. The first-order valence-corrected chi connectivity index (χ1v) is 9.17. The van der Waals surface area contributed by atoms with Gasteiger partial charge in [-0.1, -0.05) is 12.1 Å². The lowest BCUT2D eigenvalue weighted by molar-refractivity contribution is -0.400. The average molecular weight is 391 g/mol. The second-order valence-corrected chi connectivity index (χ2v) is 6.82. The molecule has 0 unspecified atom stereocenters. The number of rotatable bonds is 8. The summed E-state index contributed by atoms with van der Waals surface area (Å²) in [6, 6.07) is 11.0. The van der Waals surface area contributed by atoms with Crippen LogP contribution in [0, 0.1) is 10.1 Å². The third-order valence-corrected chi connectivity index (χ3v) is 4.57. The molecule has 3 N–H and O–H groups in total. The largest absolute Gasteiger partial charge is 0.379 e. The number of carbonyl (C=O) groups excluding carboxylic acids is 1. The Balaban J connectivity index is 2.09. The van der Waals surface area contributed by atoms with E-state index in [2.05, 4.69) is 5.32 Å². The quantitative estimate of drug-likeness (QED) is 0.393. The van der Waals surface area contributed by atoms with Crippen LogP contribution in [-0.4, -0.2) is 32.3 Å². The van der Waals surface area contributed by atoms with Gasteiger partial charge in [0.1, 0.15) is 10.6 Å². The van der Waals surface area contributed by atoms with Gasteiger partial charge in [0.2, 0.25) is 6.20 Å². The van der Waals surface area contributed by atoms with Crippen molar-refractivity contribution < 1.29 is 22.3 Å². The maximum atomic E-state index is 12.3. The lowest BCUT2D eigenvalue weighted by Gasteiger charge is -2.08. The van der Waals surface area contributed by atoms with E-state index in [4.69, 9.17) is 9.92 Å². The molecule has 10 heteroatoms. The van der Waals surface area contributed by atoms with Crippen LogP contribution in [0.1, 0.15) is 15.9 Å². The molecular weight excluding hydrogens is 374 g/mol. The molecule has 0 radical (unpaired) electrons. The molecule has 0 atom stereocenters. The van der Waals surface area contributed by atoms with Crippen molar-refractivity contribution in [1.82, 2.24) is 5.32 Å². The van der Waals surface area contributed by atoms with E-state index in [0.717, 1.165) is 6.20 Å². The van der Waals surface area contributed by atoms with Crippen LogP contribution in [-0.2, 0) is 10.1 Å². The Morgan fingerprint density at radius 2 is 1.78 bits per heavy atom. The number of amides is 1. The van der Waals surface area contributed by atoms with E-state index >= 15 is 0 Å². The van der Waals surface area contributed by atoms with Crippen LogP contribution < -0.4 is 15.2 Å². The zero-order chi connectivity index (χ0) is 19.9. The van der Waals surface area contributed by atoms with Gasteiger partial charge in [-0.3, -0.25) is 14.9 Å². The highest BCUT2D eigenvalue weighted by atomic mass is 32.2. The van der Waals surface area contributed by atoms with Gasteiger partial charge in [-0.25, -0.2) is 0 Å². The van der Waals surface area contributed by atoms with Crippen molar-refractivity contribution in [2.45, 2.75) is 4.90 Å². The third-order valence-electron chi connectivity index (χ3n) is 3.31. The van der Waals surface area contributed by atoms with Gasteiger partial charge in [-0.05, 0) is 42.0 Å². The molecule has 0 spiro atoms. The second-order valence-electron chi connectivity index (χ2n) is 5.28. The van der Waals surface area contributed by atoms with Crippen molar-refractivity contribution in [3.63, 3.8) is 0 Å². The second kappa shape index (κ2) is 8.92. The molecular formula is C17H17N3O6S. The first-order chi connectivity index (χ1) is 12.8. The van der Waals surface area contributed by atoms with Crippen LogP contribution in [0.3, 0.4) is 0 Å². The summed E-state index contributed by atoms with van der Waals surface area (Å²) in [6.07, 6.45) is 2.05. The molecule has 9 nitrogen and oxygen atoms in total. The number of benzene rings is 2. The third kappa shape index (κ3) is 5.90. The molecule has 0 saturated heterocycles. The van der Waals surface area contributed by atoms with E-state index < -0.39 is 15.0 Å². The number of nitrogens with zero attached hydrogens (tertiary/aromatic N) is 1. The van der Waals surface area contributed by atoms with E-state index in [9.17, 15) is 23.3 Å². The summed E-state index contributed by atoms with van der Waals surface area (Å²) in [4.78, 5) is 21.4. The van der Waals surface area contributed by atoms with Gasteiger partial charge in [0.15, 0.2) is 0 Å². The SMILES string of the molecule is NCCNC(=O)c1ccc(S(=O)(=O)Oc2ccc(/C=C/[N+](=O)[O-])cc2)cc1. The Bertz CT molecular complexity index is 938. The van der Waals surface area contributed by atoms with E-state index in [1.165, 1.54) is 54.6 Å². The number of nitro groups is 1. The summed E-state index contributed by atoms with van der Waals surface area (Å²) < 4.78 is 29.7. The van der Waals surface area contributed by atoms with Crippen molar-refractivity contribution in [3.05, 3.63) is 76.0 Å². The molecule has 0 aromatic heterocycles. The van der Waals surface area contributed by atoms with Crippen LogP contribution in [0.2, 0.25) is 0 Å². The Morgan fingerprint density at radius 3 is 2.33 bits per heavy atom. The van der Waals surface area contributed by atoms with Crippen LogP contribution in [0.5, 0.6) is 5.75 Å². The molecule has 1 amide bonds. The molecule has 0 saturated carbocycles. The minimum atomic E-state index is -4.09. The van der Waals surface area contributed by atoms with E-state index in [1.807, 2.05) is 0 Å². The predicted molar refractivity (Wildman–Crippen MR) is 98.1 cm³/mol. The Hall–Kier alpha value is -3.24. The fourth-order valence-corrected chi connectivity index (χ4v) is 2.95. The van der Waals surface area contributed by atoms with Gasteiger partial charge in [0.25, 0.3) is 5.91 Å². The van der Waals surface area contributed by atoms with Crippen LogP contribution in [0.15, 0.2) is 59.6 Å². The summed E-state index contributed by atoms with van der Waals surface area (Å²) in [5, 5.41) is 12.9. The minimum Gasteiger partial charge on any atom is -0.379 e. The van der Waals surface area contributed by atoms with Crippen LogP contribution >= 0.6 is 0 Å². The first-order valence-electron chi connectivity index (χ1n) is 7.76. The van der Waals surface area contributed by atoms with Gasteiger partial charge in [0.05, 0.1) is 4.92 Å². The van der Waals surface area contributed by atoms with Crippen LogP contribution in [0.25, 0.3) is 6.08 Å². The summed E-state index contributed by atoms with van der Waals surface area (Å²) in [5.74, 6) is -0.304. The van der Waals surface area contributed by atoms with Crippen molar-refractivity contribution in [3.8, 4) is 5.75 Å². The molecule has 0 aliphatic heterocycles. The number of nitrogens with two attached hydrogens (primary N) is 1. The van der Waals surface area contributed by atoms with Crippen molar-refractivity contribution >= 4 is 22.1 Å². The Morgan fingerprint density at radius 1 is 1.15 bits per heavy atom. The molecule has 2 rings (SSSR count). The number of hydrogen-bond acceptors (Lipinski definition) is 7. The molecule has 142 valence electrons. The van der Waals surface area contributed by atoms with Crippen molar-refractivity contribution in [2.24, 2.45) is 5.73 Å². The highest BCUT2D eigenvalue weighted by Gasteiger charge is 2.17. The maximum Gasteiger partial charge on any atom is 0.339 e. The average Bonchev–Trinajstić information content (AvgIpc) is 2.65. The Kier molecular flexibility index (Phi) is 6.63. The summed E-state index contributed by atoms with van der Waals surface area (Å²) in [5.41, 5.74) is 6.12. The maximum absolute atomic E-state index is 12.3. The Labute approximate surface area is 155 Å². The summed E-state index contributed by atoms with van der Waals surface area (Å²) in [7, 11) is -4.09. The van der Waals surface area contributed by atoms with Gasteiger partial charge in [0, 0.05) is 24.7 Å². The molecule has 0 fully saturated rings. The predicted octanol–water partition coefficient (Wildman–Crippen LogP) is 1.39. The highest BCUT2D eigenvalue weighted by molar-refractivity contribution is 7.87. The fourth-order valence-electron chi connectivity index (χ4n) is 2.02. The monoisotopic (exact) mass is 391 g/mol. The number of carbonyl (C=O) groups is 1. The highest BCUT2D eigenvalue weighted by Crippen LogP contribution is 2.20. The van der Waals surface area contributed by atoms with Crippen molar-refractivity contribution in [2.75, 3.05) is 13.1 Å². The molecule has 0 aliphatic carbocycles. The molecule has 2 aromatic carbocycles. The minimum absolute atomic E-state index is 0.0537. The summed E-state index contributed by atoms with van der Waals surface area (Å²) >= 11 is 0. The topological polar surface area (TPSA) is 142 Å².